The van der Waals surface area contributed by atoms with Crippen LogP contribution < -0.4 is 15.0 Å². The molecular formula is C18H19N3O4. The zero-order valence-electron chi connectivity index (χ0n) is 14.5. The van der Waals surface area contributed by atoms with Gasteiger partial charge in [0.05, 0.1) is 11.6 Å². The summed E-state index contributed by atoms with van der Waals surface area (Å²) in [5.41, 5.74) is -1.64. The molecule has 0 radical (unpaired) electrons. The highest BCUT2D eigenvalue weighted by atomic mass is 16.6. The third-order valence-corrected chi connectivity index (χ3v) is 4.69. The Hall–Kier alpha value is -2.85. The normalized spacial score (nSPS) is 23.9. The molecule has 130 valence electrons. The van der Waals surface area contributed by atoms with Crippen molar-refractivity contribution in [3.63, 3.8) is 0 Å². The van der Waals surface area contributed by atoms with Crippen LogP contribution in [0.2, 0.25) is 0 Å². The molecule has 1 aliphatic rings. The van der Waals surface area contributed by atoms with Crippen molar-refractivity contribution >= 4 is 0 Å². The van der Waals surface area contributed by atoms with Crippen LogP contribution in [0.4, 0.5) is 0 Å². The topological polar surface area (TPSA) is 97.4 Å². The molecule has 1 aliphatic heterocycles. The lowest BCUT2D eigenvalue weighted by molar-refractivity contribution is -0.175. The Morgan fingerprint density at radius 1 is 1.32 bits per heavy atom. The number of aryl methyl sites for hydroxylation is 1. The summed E-state index contributed by atoms with van der Waals surface area (Å²) in [4.78, 5) is 11.5. The lowest BCUT2D eigenvalue weighted by atomic mass is 9.77. The fourth-order valence-electron chi connectivity index (χ4n) is 2.76. The molecule has 2 atom stereocenters. The number of ether oxygens (including phenoxy) is 2. The molecule has 2 aromatic rings. The van der Waals surface area contributed by atoms with Gasteiger partial charge >= 0.3 is 0 Å². The van der Waals surface area contributed by atoms with Crippen molar-refractivity contribution in [3.8, 4) is 17.7 Å². The fourth-order valence-corrected chi connectivity index (χ4v) is 2.76. The summed E-state index contributed by atoms with van der Waals surface area (Å²) in [6, 6.07) is 9.84. The van der Waals surface area contributed by atoms with Crippen molar-refractivity contribution in [2.45, 2.75) is 38.1 Å². The fraction of sp³-hybridized carbons (Fsp3) is 0.389. The molecule has 3 rings (SSSR count). The van der Waals surface area contributed by atoms with E-state index < -0.39 is 17.3 Å². The van der Waals surface area contributed by atoms with Gasteiger partial charge < -0.3 is 14.6 Å². The van der Waals surface area contributed by atoms with E-state index in [4.69, 9.17) is 9.47 Å². The van der Waals surface area contributed by atoms with Gasteiger partial charge in [-0.15, -0.1) is 5.10 Å². The molecule has 2 heterocycles. The summed E-state index contributed by atoms with van der Waals surface area (Å²) in [6.45, 7) is 5.14. The second-order valence-corrected chi connectivity index (χ2v) is 6.76. The van der Waals surface area contributed by atoms with E-state index in [-0.39, 0.29) is 11.4 Å². The number of rotatable bonds is 2. The molecule has 0 spiro atoms. The summed E-state index contributed by atoms with van der Waals surface area (Å²) in [7, 11) is 1.52. The van der Waals surface area contributed by atoms with Crippen LogP contribution in [0.5, 0.6) is 11.6 Å². The van der Waals surface area contributed by atoms with Gasteiger partial charge in [0.15, 0.2) is 6.10 Å². The Balaban J connectivity index is 2.13. The number of aromatic nitrogens is 2. The van der Waals surface area contributed by atoms with Gasteiger partial charge in [0, 0.05) is 24.7 Å². The van der Waals surface area contributed by atoms with E-state index in [1.807, 2.05) is 0 Å². The van der Waals surface area contributed by atoms with Gasteiger partial charge in [-0.1, -0.05) is 0 Å². The molecule has 1 aromatic heterocycles. The summed E-state index contributed by atoms with van der Waals surface area (Å²) in [5, 5.41) is 24.4. The number of nitriles is 1. The standard InChI is InChI=1S/C18H19N3O4/c1-17(2)18(3,23)16(24-14-7-8-15(22)21(4)20-14)12-9-11(10-19)5-6-13(12)25-17/h5-9,16,23H,1-4H3/t16-,18+/m1/s1. The van der Waals surface area contributed by atoms with E-state index >= 15 is 0 Å². The number of nitrogens with zero attached hydrogens (tertiary/aromatic N) is 3. The third kappa shape index (κ3) is 2.75. The van der Waals surface area contributed by atoms with Crippen LogP contribution in [-0.2, 0) is 7.05 Å². The first-order valence-corrected chi connectivity index (χ1v) is 7.82. The van der Waals surface area contributed by atoms with E-state index in [1.54, 1.807) is 39.0 Å². The molecule has 0 saturated carbocycles. The van der Waals surface area contributed by atoms with E-state index in [0.29, 0.717) is 16.9 Å². The molecule has 0 aliphatic carbocycles. The van der Waals surface area contributed by atoms with Crippen LogP contribution in [0, 0.1) is 11.3 Å². The van der Waals surface area contributed by atoms with Crippen molar-refractivity contribution in [2.24, 2.45) is 7.05 Å². The quantitative estimate of drug-likeness (QED) is 0.893. The summed E-state index contributed by atoms with van der Waals surface area (Å²) < 4.78 is 13.0. The largest absolute Gasteiger partial charge is 0.484 e. The maximum Gasteiger partial charge on any atom is 0.266 e. The van der Waals surface area contributed by atoms with Gasteiger partial charge in [-0.05, 0) is 39.0 Å². The zero-order chi connectivity index (χ0) is 18.4. The predicted octanol–water partition coefficient (Wildman–Crippen LogP) is 1.69. The first-order valence-electron chi connectivity index (χ1n) is 7.82. The van der Waals surface area contributed by atoms with Gasteiger partial charge in [-0.3, -0.25) is 4.79 Å². The number of fused-ring (bicyclic) bond motifs is 1. The Labute approximate surface area is 145 Å². The summed E-state index contributed by atoms with van der Waals surface area (Å²) in [5.74, 6) is 0.726. The monoisotopic (exact) mass is 341 g/mol. The second-order valence-electron chi connectivity index (χ2n) is 6.76. The molecular weight excluding hydrogens is 322 g/mol. The molecule has 1 aromatic carbocycles. The number of aliphatic hydroxyl groups is 1. The second kappa shape index (κ2) is 5.60. The van der Waals surface area contributed by atoms with Gasteiger partial charge in [0.25, 0.3) is 5.56 Å². The van der Waals surface area contributed by atoms with Gasteiger partial charge in [0.1, 0.15) is 17.0 Å². The molecule has 0 fully saturated rings. The average Bonchev–Trinajstić information content (AvgIpc) is 2.55. The van der Waals surface area contributed by atoms with Gasteiger partial charge in [-0.2, -0.15) is 5.26 Å². The smallest absolute Gasteiger partial charge is 0.266 e. The molecule has 25 heavy (non-hydrogen) atoms. The van der Waals surface area contributed by atoms with Crippen LogP contribution in [0.1, 0.15) is 38.0 Å². The maximum atomic E-state index is 11.5. The minimum atomic E-state index is -1.41. The van der Waals surface area contributed by atoms with E-state index in [9.17, 15) is 15.2 Å². The molecule has 1 N–H and O–H groups in total. The molecule has 0 bridgehead atoms. The molecule has 7 nitrogen and oxygen atoms in total. The van der Waals surface area contributed by atoms with Crippen LogP contribution >= 0.6 is 0 Å². The zero-order valence-corrected chi connectivity index (χ0v) is 14.5. The molecule has 7 heteroatoms. The highest BCUT2D eigenvalue weighted by Gasteiger charge is 2.54. The van der Waals surface area contributed by atoms with Crippen LogP contribution in [0.25, 0.3) is 0 Å². The van der Waals surface area contributed by atoms with Crippen molar-refractivity contribution in [1.29, 1.82) is 5.26 Å². The van der Waals surface area contributed by atoms with Gasteiger partial charge in [-0.25, -0.2) is 4.68 Å². The van der Waals surface area contributed by atoms with E-state index in [2.05, 4.69) is 11.2 Å². The molecule has 0 saturated heterocycles. The Morgan fingerprint density at radius 3 is 2.68 bits per heavy atom. The summed E-state index contributed by atoms with van der Waals surface area (Å²) in [6.07, 6.45) is -0.829. The highest BCUT2D eigenvalue weighted by molar-refractivity contribution is 5.47. The SMILES string of the molecule is Cn1nc(O[C@@H]2c3cc(C#N)ccc3OC(C)(C)[C@@]2(C)O)ccc1=O. The Kier molecular flexibility index (Phi) is 3.81. The Bertz CT molecular complexity index is 925. The van der Waals surface area contributed by atoms with Crippen LogP contribution in [-0.4, -0.2) is 26.1 Å². The van der Waals surface area contributed by atoms with Crippen molar-refractivity contribution in [1.82, 2.24) is 9.78 Å². The van der Waals surface area contributed by atoms with Crippen molar-refractivity contribution in [3.05, 3.63) is 51.8 Å². The van der Waals surface area contributed by atoms with Crippen molar-refractivity contribution < 1.29 is 14.6 Å². The Morgan fingerprint density at radius 2 is 2.04 bits per heavy atom. The predicted molar refractivity (Wildman–Crippen MR) is 89.3 cm³/mol. The van der Waals surface area contributed by atoms with Crippen LogP contribution in [0.3, 0.4) is 0 Å². The van der Waals surface area contributed by atoms with E-state index in [0.717, 1.165) is 4.68 Å². The highest BCUT2D eigenvalue weighted by Crippen LogP contribution is 2.48. The minimum absolute atomic E-state index is 0.193. The summed E-state index contributed by atoms with van der Waals surface area (Å²) >= 11 is 0. The van der Waals surface area contributed by atoms with Gasteiger partial charge in [0.2, 0.25) is 5.88 Å². The van der Waals surface area contributed by atoms with Crippen LogP contribution in [0.15, 0.2) is 35.1 Å². The molecule has 0 amide bonds. The number of hydrogen-bond donors (Lipinski definition) is 1. The maximum absolute atomic E-state index is 11.5. The third-order valence-electron chi connectivity index (χ3n) is 4.69. The lowest BCUT2D eigenvalue weighted by Gasteiger charge is -2.48. The van der Waals surface area contributed by atoms with Crippen molar-refractivity contribution in [2.75, 3.05) is 0 Å². The van der Waals surface area contributed by atoms with E-state index in [1.165, 1.54) is 19.2 Å². The number of hydrogen-bond acceptors (Lipinski definition) is 6. The lowest BCUT2D eigenvalue weighted by Crippen LogP contribution is -2.59. The average molecular weight is 341 g/mol. The number of benzene rings is 1. The minimum Gasteiger partial charge on any atom is -0.484 e. The first kappa shape index (κ1) is 17.0. The first-order chi connectivity index (χ1) is 11.7. The molecule has 0 unspecified atom stereocenters.